The number of aliphatic carboxylic acids is 1. The number of fused-ring (bicyclic) bond motifs is 3. The maximum absolute atomic E-state index is 13.8. The standard InChI is InChI=1S/C46H44N4O5/c1-31(2)26-41(49-45(54)55-29-40-38-24-14-12-22-36(38)37-23-13-15-25-39(37)40)43(51)48-42(44(52)53)27-35-28-50(30-47-35)46(32-16-6-3-7-17-32,33-18-8-4-9-19-33)34-20-10-5-11-21-34/h3-25,28,30-31,40-42H,26-27,29H2,1-2H3,(H,48,51)(H,49,54)(H,52,53)/t41-,42-/m0/s1. The molecule has 2 amide bonds. The number of hydrogen-bond acceptors (Lipinski definition) is 5. The van der Waals surface area contributed by atoms with Crippen LogP contribution in [0.2, 0.25) is 0 Å². The molecule has 0 bridgehead atoms. The number of nitrogens with zero attached hydrogens (tertiary/aromatic N) is 2. The summed E-state index contributed by atoms with van der Waals surface area (Å²) in [7, 11) is 0. The molecule has 1 heterocycles. The third-order valence-corrected chi connectivity index (χ3v) is 10.3. The molecule has 0 unspecified atom stereocenters. The van der Waals surface area contributed by atoms with Crippen LogP contribution in [0.15, 0.2) is 152 Å². The van der Waals surface area contributed by atoms with E-state index in [1.807, 2.05) is 116 Å². The predicted molar refractivity (Wildman–Crippen MR) is 212 cm³/mol. The van der Waals surface area contributed by atoms with E-state index < -0.39 is 35.6 Å². The van der Waals surface area contributed by atoms with Gasteiger partial charge < -0.3 is 25.0 Å². The lowest BCUT2D eigenvalue weighted by atomic mass is 9.77. The second kappa shape index (κ2) is 16.3. The summed E-state index contributed by atoms with van der Waals surface area (Å²) < 4.78 is 7.74. The van der Waals surface area contributed by atoms with Crippen molar-refractivity contribution in [1.29, 1.82) is 0 Å². The first-order chi connectivity index (χ1) is 26.8. The van der Waals surface area contributed by atoms with Gasteiger partial charge in [-0.25, -0.2) is 14.6 Å². The maximum Gasteiger partial charge on any atom is 0.407 e. The Bertz CT molecular complexity index is 2110. The van der Waals surface area contributed by atoms with E-state index in [2.05, 4.69) is 64.1 Å². The first-order valence-corrected chi connectivity index (χ1v) is 18.6. The molecule has 0 radical (unpaired) electrons. The number of alkyl carbamates (subject to hydrolysis) is 1. The summed E-state index contributed by atoms with van der Waals surface area (Å²) >= 11 is 0. The molecule has 0 aliphatic heterocycles. The minimum Gasteiger partial charge on any atom is -0.480 e. The lowest BCUT2D eigenvalue weighted by molar-refractivity contribution is -0.142. The molecule has 1 aliphatic carbocycles. The highest BCUT2D eigenvalue weighted by Crippen LogP contribution is 2.45. The number of carboxylic acids is 1. The number of carbonyl (C=O) groups is 3. The van der Waals surface area contributed by atoms with Gasteiger partial charge in [0.25, 0.3) is 0 Å². The molecule has 1 aliphatic rings. The molecule has 0 saturated heterocycles. The quantitative estimate of drug-likeness (QED) is 0.0984. The van der Waals surface area contributed by atoms with Crippen LogP contribution in [0, 0.1) is 5.92 Å². The first-order valence-electron chi connectivity index (χ1n) is 18.6. The average molecular weight is 733 g/mol. The van der Waals surface area contributed by atoms with Crippen molar-refractivity contribution in [2.75, 3.05) is 6.61 Å². The number of ether oxygens (including phenoxy) is 1. The zero-order chi connectivity index (χ0) is 38.4. The van der Waals surface area contributed by atoms with Crippen LogP contribution in [0.4, 0.5) is 4.79 Å². The van der Waals surface area contributed by atoms with Crippen molar-refractivity contribution in [3.05, 3.63) is 186 Å². The Morgan fingerprint density at radius 2 is 1.20 bits per heavy atom. The van der Waals surface area contributed by atoms with Gasteiger partial charge in [0.05, 0.1) is 12.0 Å². The molecular weight excluding hydrogens is 689 g/mol. The predicted octanol–water partition coefficient (Wildman–Crippen LogP) is 7.79. The monoisotopic (exact) mass is 732 g/mol. The van der Waals surface area contributed by atoms with E-state index in [4.69, 9.17) is 4.74 Å². The Morgan fingerprint density at radius 1 is 0.709 bits per heavy atom. The third-order valence-electron chi connectivity index (χ3n) is 10.3. The van der Waals surface area contributed by atoms with Crippen LogP contribution in [0.25, 0.3) is 11.1 Å². The van der Waals surface area contributed by atoms with Crippen molar-refractivity contribution in [1.82, 2.24) is 20.2 Å². The number of aromatic nitrogens is 2. The minimum atomic E-state index is -1.31. The van der Waals surface area contributed by atoms with Gasteiger partial charge >= 0.3 is 12.1 Å². The van der Waals surface area contributed by atoms with Crippen LogP contribution >= 0.6 is 0 Å². The van der Waals surface area contributed by atoms with E-state index in [1.165, 1.54) is 0 Å². The number of rotatable bonds is 14. The number of nitrogens with one attached hydrogen (secondary N) is 2. The van der Waals surface area contributed by atoms with Gasteiger partial charge in [-0.05, 0) is 51.3 Å². The van der Waals surface area contributed by atoms with E-state index in [1.54, 1.807) is 6.33 Å². The fourth-order valence-corrected chi connectivity index (χ4v) is 7.80. The number of carbonyl (C=O) groups excluding carboxylic acids is 2. The highest BCUT2D eigenvalue weighted by molar-refractivity contribution is 5.89. The highest BCUT2D eigenvalue weighted by Gasteiger charge is 2.39. The minimum absolute atomic E-state index is 0.0192. The summed E-state index contributed by atoms with van der Waals surface area (Å²) in [5.41, 5.74) is 7.01. The van der Waals surface area contributed by atoms with Gasteiger partial charge in [-0.15, -0.1) is 0 Å². The van der Waals surface area contributed by atoms with E-state index in [9.17, 15) is 19.5 Å². The van der Waals surface area contributed by atoms with Crippen LogP contribution in [0.3, 0.4) is 0 Å². The summed E-state index contributed by atoms with van der Waals surface area (Å²) in [6.07, 6.45) is 3.01. The Labute approximate surface area is 321 Å². The molecule has 1 aromatic heterocycles. The van der Waals surface area contributed by atoms with Gasteiger partial charge in [0.2, 0.25) is 5.91 Å². The topological polar surface area (TPSA) is 123 Å². The van der Waals surface area contributed by atoms with Crippen molar-refractivity contribution < 1.29 is 24.2 Å². The van der Waals surface area contributed by atoms with Crippen LogP contribution in [0.1, 0.15) is 59.7 Å². The summed E-state index contributed by atoms with van der Waals surface area (Å²) in [5.74, 6) is -1.95. The number of hydrogen-bond donors (Lipinski definition) is 3. The molecule has 9 heteroatoms. The highest BCUT2D eigenvalue weighted by atomic mass is 16.5. The van der Waals surface area contributed by atoms with Gasteiger partial charge in [0.15, 0.2) is 0 Å². The molecule has 5 aromatic carbocycles. The SMILES string of the molecule is CC(C)C[C@H](NC(=O)OCC1c2ccccc2-c2ccccc21)C(=O)N[C@@H](Cc1cn(C(c2ccccc2)(c2ccccc2)c2ccccc2)cn1)C(=O)O. The lowest BCUT2D eigenvalue weighted by Crippen LogP contribution is -2.52. The fraction of sp³-hybridized carbons (Fsp3) is 0.217. The molecule has 3 N–H and O–H groups in total. The molecule has 278 valence electrons. The number of benzene rings is 5. The number of imidazole rings is 1. The Morgan fingerprint density at radius 3 is 1.69 bits per heavy atom. The van der Waals surface area contributed by atoms with Crippen molar-refractivity contribution in [2.24, 2.45) is 5.92 Å². The van der Waals surface area contributed by atoms with Gasteiger partial charge in [0, 0.05) is 18.5 Å². The van der Waals surface area contributed by atoms with Crippen LogP contribution in [-0.2, 0) is 26.3 Å². The molecule has 0 fully saturated rings. The van der Waals surface area contributed by atoms with Crippen LogP contribution in [0.5, 0.6) is 0 Å². The van der Waals surface area contributed by atoms with E-state index in [-0.39, 0.29) is 31.3 Å². The van der Waals surface area contributed by atoms with E-state index in [0.717, 1.165) is 38.9 Å². The normalized spacial score (nSPS) is 13.4. The van der Waals surface area contributed by atoms with Crippen molar-refractivity contribution in [2.45, 2.75) is 50.2 Å². The summed E-state index contributed by atoms with van der Waals surface area (Å²) in [4.78, 5) is 44.3. The molecule has 55 heavy (non-hydrogen) atoms. The smallest absolute Gasteiger partial charge is 0.407 e. The molecule has 6 aromatic rings. The summed E-state index contributed by atoms with van der Waals surface area (Å²) in [6.45, 7) is 3.95. The molecule has 2 atom stereocenters. The van der Waals surface area contributed by atoms with Crippen molar-refractivity contribution in [3.8, 4) is 11.1 Å². The van der Waals surface area contributed by atoms with Crippen LogP contribution < -0.4 is 10.6 Å². The second-order valence-electron chi connectivity index (χ2n) is 14.3. The molecule has 0 saturated carbocycles. The van der Waals surface area contributed by atoms with Gasteiger partial charge in [0.1, 0.15) is 24.2 Å². The molecule has 9 nitrogen and oxygen atoms in total. The average Bonchev–Trinajstić information content (AvgIpc) is 3.80. The van der Waals surface area contributed by atoms with Crippen molar-refractivity contribution in [3.63, 3.8) is 0 Å². The third kappa shape index (κ3) is 7.64. The van der Waals surface area contributed by atoms with E-state index in [0.29, 0.717) is 5.69 Å². The van der Waals surface area contributed by atoms with Gasteiger partial charge in [-0.3, -0.25) is 4.79 Å². The molecule has 0 spiro atoms. The van der Waals surface area contributed by atoms with Crippen LogP contribution in [-0.4, -0.2) is 51.3 Å². The number of amides is 2. The molecular formula is C46H44N4O5. The lowest BCUT2D eigenvalue weighted by Gasteiger charge is -2.37. The zero-order valence-corrected chi connectivity index (χ0v) is 30.8. The molecule has 7 rings (SSSR count). The number of carboxylic acid groups (broad SMARTS) is 1. The van der Waals surface area contributed by atoms with E-state index >= 15 is 0 Å². The fourth-order valence-electron chi connectivity index (χ4n) is 7.80. The summed E-state index contributed by atoms with van der Waals surface area (Å²) in [6, 6.07) is 44.1. The first kappa shape index (κ1) is 36.9. The van der Waals surface area contributed by atoms with Gasteiger partial charge in [-0.1, -0.05) is 153 Å². The van der Waals surface area contributed by atoms with Crippen molar-refractivity contribution >= 4 is 18.0 Å². The Balaban J connectivity index is 1.09. The largest absolute Gasteiger partial charge is 0.480 e. The summed E-state index contributed by atoms with van der Waals surface area (Å²) in [5, 5.41) is 15.7. The zero-order valence-electron chi connectivity index (χ0n) is 30.8. The second-order valence-corrected chi connectivity index (χ2v) is 14.3. The Hall–Kier alpha value is -6.48. The maximum atomic E-state index is 13.8. The Kier molecular flexibility index (Phi) is 10.9. The van der Waals surface area contributed by atoms with Gasteiger partial charge in [-0.2, -0.15) is 0 Å².